The second-order valence-electron chi connectivity index (χ2n) is 11.0. The van der Waals surface area contributed by atoms with E-state index in [9.17, 15) is 9.90 Å². The van der Waals surface area contributed by atoms with E-state index in [1.807, 2.05) is 0 Å². The van der Waals surface area contributed by atoms with Crippen LogP contribution in [0, 0.1) is 11.8 Å². The highest BCUT2D eigenvalue weighted by molar-refractivity contribution is 5.78. The Hall–Kier alpha value is -1.55. The number of nitrogens with zero attached hydrogens (tertiary/aromatic N) is 2. The largest absolute Gasteiger partial charge is 0.390 e. The van der Waals surface area contributed by atoms with Crippen molar-refractivity contribution in [3.63, 3.8) is 0 Å². The molecule has 4 heteroatoms. The van der Waals surface area contributed by atoms with Crippen molar-refractivity contribution in [1.29, 1.82) is 0 Å². The number of anilines is 1. The van der Waals surface area contributed by atoms with Crippen LogP contribution in [0.5, 0.6) is 0 Å². The molecule has 2 saturated heterocycles. The fourth-order valence-electron chi connectivity index (χ4n) is 7.52. The Kier molecular flexibility index (Phi) is 3.92. The molecule has 3 aliphatic carbocycles. The third-order valence-electron chi connectivity index (χ3n) is 8.76. The quantitative estimate of drug-likeness (QED) is 0.839. The van der Waals surface area contributed by atoms with E-state index in [1.165, 1.54) is 24.1 Å². The van der Waals surface area contributed by atoms with Gasteiger partial charge >= 0.3 is 0 Å². The van der Waals surface area contributed by atoms with Gasteiger partial charge in [0.25, 0.3) is 0 Å². The first-order valence-electron chi connectivity index (χ1n) is 11.8. The Morgan fingerprint density at radius 2 is 1.93 bits per heavy atom. The molecular weight excluding hydrogens is 360 g/mol. The van der Waals surface area contributed by atoms with E-state index in [-0.39, 0.29) is 12.1 Å². The van der Waals surface area contributed by atoms with Gasteiger partial charge in [0.05, 0.1) is 5.60 Å². The van der Waals surface area contributed by atoms with E-state index in [0.29, 0.717) is 30.1 Å². The van der Waals surface area contributed by atoms with E-state index in [0.717, 1.165) is 44.6 Å². The van der Waals surface area contributed by atoms with Crippen molar-refractivity contribution in [2.75, 3.05) is 18.5 Å². The number of aliphatic hydroxyl groups is 1. The molecule has 1 amide bonds. The Morgan fingerprint density at radius 1 is 1.21 bits per heavy atom. The van der Waals surface area contributed by atoms with Crippen LogP contribution in [0.15, 0.2) is 18.2 Å². The molecule has 7 rings (SSSR count). The summed E-state index contributed by atoms with van der Waals surface area (Å²) in [7, 11) is 2.20. The van der Waals surface area contributed by atoms with Gasteiger partial charge < -0.3 is 14.9 Å². The van der Waals surface area contributed by atoms with Gasteiger partial charge in [-0.25, -0.2) is 0 Å². The number of likely N-dealkylation sites (N-methyl/N-ethyl adjacent to an activating group) is 1. The molecule has 156 valence electrons. The van der Waals surface area contributed by atoms with Crippen LogP contribution in [-0.4, -0.2) is 47.2 Å². The molecule has 3 aliphatic heterocycles. The summed E-state index contributed by atoms with van der Waals surface area (Å²) >= 11 is 0. The maximum Gasteiger partial charge on any atom is 0.223 e. The Balaban J connectivity index is 1.22. The molecule has 3 saturated carbocycles. The van der Waals surface area contributed by atoms with Gasteiger partial charge in [0, 0.05) is 43.7 Å². The number of hydrogen-bond acceptors (Lipinski definition) is 3. The Bertz CT molecular complexity index is 831. The van der Waals surface area contributed by atoms with E-state index >= 15 is 0 Å². The fourth-order valence-corrected chi connectivity index (χ4v) is 7.52. The van der Waals surface area contributed by atoms with Crippen LogP contribution in [0.25, 0.3) is 0 Å². The molecule has 5 fully saturated rings. The van der Waals surface area contributed by atoms with Gasteiger partial charge in [-0.1, -0.05) is 19.1 Å². The van der Waals surface area contributed by atoms with Crippen molar-refractivity contribution < 1.29 is 9.90 Å². The number of piperidine rings is 2. The fraction of sp³-hybridized carbons (Fsp3) is 0.720. The van der Waals surface area contributed by atoms with Crippen molar-refractivity contribution in [2.45, 2.75) is 87.8 Å². The molecule has 0 radical (unpaired) electrons. The number of carbonyl (C=O) groups is 1. The van der Waals surface area contributed by atoms with Gasteiger partial charge in [-0.3, -0.25) is 4.79 Å². The lowest BCUT2D eigenvalue weighted by Gasteiger charge is -2.59. The smallest absolute Gasteiger partial charge is 0.223 e. The third-order valence-corrected chi connectivity index (χ3v) is 8.76. The molecule has 3 heterocycles. The minimum atomic E-state index is -0.481. The number of hydrogen-bond donors (Lipinski definition) is 1. The predicted octanol–water partition coefficient (Wildman–Crippen LogP) is 4.03. The van der Waals surface area contributed by atoms with E-state index in [2.05, 4.69) is 42.0 Å². The van der Waals surface area contributed by atoms with Crippen LogP contribution in [0.1, 0.15) is 81.3 Å². The zero-order valence-electron chi connectivity index (χ0n) is 17.8. The molecule has 1 N–H and O–H groups in total. The molecule has 0 aromatic heterocycles. The number of fused-ring (bicyclic) bond motifs is 1. The maximum atomic E-state index is 13.5. The summed E-state index contributed by atoms with van der Waals surface area (Å²) in [5, 5.41) is 10.8. The van der Waals surface area contributed by atoms with E-state index in [1.54, 1.807) is 5.56 Å². The van der Waals surface area contributed by atoms with Gasteiger partial charge in [-0.2, -0.15) is 0 Å². The topological polar surface area (TPSA) is 43.8 Å². The molecule has 1 aromatic rings. The Morgan fingerprint density at radius 3 is 2.59 bits per heavy atom. The normalized spacial score (nSPS) is 38.4. The first kappa shape index (κ1) is 18.2. The molecule has 4 unspecified atom stereocenters. The molecule has 6 aliphatic rings. The van der Waals surface area contributed by atoms with Gasteiger partial charge in [-0.05, 0) is 79.9 Å². The summed E-state index contributed by atoms with van der Waals surface area (Å²) in [5.74, 6) is 2.53. The van der Waals surface area contributed by atoms with Gasteiger partial charge in [0.15, 0.2) is 0 Å². The second-order valence-corrected chi connectivity index (χ2v) is 11.0. The monoisotopic (exact) mass is 394 g/mol. The summed E-state index contributed by atoms with van der Waals surface area (Å²) in [6.07, 6.45) is 8.09. The lowest BCUT2D eigenvalue weighted by Crippen LogP contribution is -2.65. The zero-order chi connectivity index (χ0) is 19.9. The summed E-state index contributed by atoms with van der Waals surface area (Å²) in [4.78, 5) is 18.1. The summed E-state index contributed by atoms with van der Waals surface area (Å²) < 4.78 is 0. The van der Waals surface area contributed by atoms with Crippen LogP contribution in [0.3, 0.4) is 0 Å². The van der Waals surface area contributed by atoms with E-state index in [4.69, 9.17) is 0 Å². The number of amides is 1. The molecular formula is C25H34N2O2. The van der Waals surface area contributed by atoms with Crippen LogP contribution >= 0.6 is 0 Å². The maximum absolute atomic E-state index is 13.5. The lowest BCUT2D eigenvalue weighted by molar-refractivity contribution is -0.175. The standard InChI is InChI=1S/C25H34N2O2/c1-15(21-14-26(2)22-5-3-4-20(24(21)22)17-6-7-17)8-23(28)27-18-9-16-10-19(27)13-25(29,11-16)12-18/h3-5,15-19,21,29H,6-14H2,1-2H3. The molecule has 29 heavy (non-hydrogen) atoms. The summed E-state index contributed by atoms with van der Waals surface area (Å²) in [5.41, 5.74) is 3.99. The molecule has 1 aromatic carbocycles. The molecule has 4 atom stereocenters. The highest BCUT2D eigenvalue weighted by atomic mass is 16.3. The van der Waals surface area contributed by atoms with Crippen LogP contribution in [0.4, 0.5) is 5.69 Å². The minimum absolute atomic E-state index is 0.284. The molecule has 4 bridgehead atoms. The molecule has 0 spiro atoms. The van der Waals surface area contributed by atoms with Crippen molar-refractivity contribution in [2.24, 2.45) is 11.8 Å². The minimum Gasteiger partial charge on any atom is -0.390 e. The summed E-state index contributed by atoms with van der Waals surface area (Å²) in [6, 6.07) is 7.38. The highest BCUT2D eigenvalue weighted by Gasteiger charge is 2.55. The predicted molar refractivity (Wildman–Crippen MR) is 114 cm³/mol. The lowest BCUT2D eigenvalue weighted by atomic mass is 9.61. The number of benzene rings is 1. The van der Waals surface area contributed by atoms with Crippen LogP contribution < -0.4 is 4.90 Å². The van der Waals surface area contributed by atoms with E-state index < -0.39 is 5.60 Å². The van der Waals surface area contributed by atoms with Crippen molar-refractivity contribution in [3.05, 3.63) is 29.3 Å². The van der Waals surface area contributed by atoms with Gasteiger partial charge in [0.1, 0.15) is 0 Å². The average molecular weight is 395 g/mol. The molecule has 4 nitrogen and oxygen atoms in total. The van der Waals surface area contributed by atoms with Crippen molar-refractivity contribution in [3.8, 4) is 0 Å². The SMILES string of the molecule is CC(CC(=O)N1C2CC3CC1CC(O)(C3)C2)C1CN(C)c2cccc(C3CC3)c21. The first-order chi connectivity index (χ1) is 13.9. The average Bonchev–Trinajstić information content (AvgIpc) is 3.43. The van der Waals surface area contributed by atoms with Crippen molar-refractivity contribution >= 4 is 11.6 Å². The van der Waals surface area contributed by atoms with Crippen molar-refractivity contribution in [1.82, 2.24) is 4.90 Å². The van der Waals surface area contributed by atoms with Gasteiger partial charge in [0.2, 0.25) is 5.91 Å². The number of rotatable bonds is 4. The zero-order valence-corrected chi connectivity index (χ0v) is 17.8. The van der Waals surface area contributed by atoms with Crippen LogP contribution in [-0.2, 0) is 4.79 Å². The van der Waals surface area contributed by atoms with Crippen LogP contribution in [0.2, 0.25) is 0 Å². The number of carbonyl (C=O) groups excluding carboxylic acids is 1. The second kappa shape index (κ2) is 6.23. The highest BCUT2D eigenvalue weighted by Crippen LogP contribution is 2.53. The Labute approximate surface area is 174 Å². The van der Waals surface area contributed by atoms with Gasteiger partial charge in [-0.15, -0.1) is 0 Å². The summed E-state index contributed by atoms with van der Waals surface area (Å²) in [6.45, 7) is 3.32. The third kappa shape index (κ3) is 2.85. The first-order valence-corrected chi connectivity index (χ1v) is 11.8.